The summed E-state index contributed by atoms with van der Waals surface area (Å²) in [7, 11) is 0. The number of carbonyl (C=O) groups excluding carboxylic acids is 2. The third-order valence-electron chi connectivity index (χ3n) is 3.31. The van der Waals surface area contributed by atoms with E-state index in [0.717, 1.165) is 18.2 Å². The molecule has 0 bridgehead atoms. The number of carbonyl (C=O) groups is 2. The van der Waals surface area contributed by atoms with E-state index in [0.29, 0.717) is 5.56 Å². The molecule has 24 heavy (non-hydrogen) atoms. The highest BCUT2D eigenvalue weighted by Gasteiger charge is 2.11. The van der Waals surface area contributed by atoms with Crippen molar-refractivity contribution >= 4 is 23.4 Å². The van der Waals surface area contributed by atoms with Crippen molar-refractivity contribution < 1.29 is 18.4 Å². The maximum absolute atomic E-state index is 13.4. The van der Waals surface area contributed by atoms with E-state index in [-0.39, 0.29) is 29.2 Å². The normalized spacial score (nSPS) is 10.3. The molecule has 0 saturated carbocycles. The van der Waals surface area contributed by atoms with Gasteiger partial charge < -0.3 is 10.6 Å². The van der Waals surface area contributed by atoms with Crippen molar-refractivity contribution in [2.24, 2.45) is 0 Å². The van der Waals surface area contributed by atoms with Crippen molar-refractivity contribution in [2.45, 2.75) is 6.92 Å². The average molecular weight is 353 g/mol. The number of hydrogen-bond acceptors (Lipinski definition) is 2. The molecule has 2 rings (SSSR count). The molecule has 0 unspecified atom stereocenters. The minimum Gasteiger partial charge on any atom is -0.350 e. The molecule has 2 aromatic rings. The average Bonchev–Trinajstić information content (AvgIpc) is 2.53. The van der Waals surface area contributed by atoms with Crippen LogP contribution in [0.4, 0.5) is 8.78 Å². The Hall–Kier alpha value is -2.47. The molecule has 0 radical (unpaired) electrons. The fraction of sp³-hybridized carbons (Fsp3) is 0.176. The highest BCUT2D eigenvalue weighted by molar-refractivity contribution is 6.33. The van der Waals surface area contributed by atoms with Crippen LogP contribution in [0, 0.1) is 18.6 Å². The molecule has 0 saturated heterocycles. The van der Waals surface area contributed by atoms with Crippen molar-refractivity contribution in [2.75, 3.05) is 13.1 Å². The van der Waals surface area contributed by atoms with Crippen molar-refractivity contribution in [3.05, 3.63) is 69.7 Å². The molecular weight excluding hydrogens is 338 g/mol. The number of halogens is 3. The van der Waals surface area contributed by atoms with Crippen LogP contribution >= 0.6 is 11.6 Å². The summed E-state index contributed by atoms with van der Waals surface area (Å²) in [5, 5.41) is 5.12. The summed E-state index contributed by atoms with van der Waals surface area (Å²) >= 11 is 5.79. The Bertz CT molecular complexity index is 781. The smallest absolute Gasteiger partial charge is 0.252 e. The number of aryl methyl sites for hydroxylation is 1. The number of hydrogen-bond donors (Lipinski definition) is 2. The standard InChI is InChI=1S/C17H15ClF2N2O2/c1-10-2-3-11(8-15(10)20)16(23)21-6-7-22-17(24)13-5-4-12(19)9-14(13)18/h2-5,8-9H,6-7H2,1H3,(H,21,23)(H,22,24). The minimum atomic E-state index is -0.533. The summed E-state index contributed by atoms with van der Waals surface area (Å²) in [4.78, 5) is 23.8. The first-order valence-corrected chi connectivity index (χ1v) is 7.54. The molecule has 0 aliphatic carbocycles. The highest BCUT2D eigenvalue weighted by Crippen LogP contribution is 2.16. The van der Waals surface area contributed by atoms with E-state index in [1.165, 1.54) is 18.2 Å². The second-order valence-corrected chi connectivity index (χ2v) is 5.51. The van der Waals surface area contributed by atoms with Crippen LogP contribution in [-0.2, 0) is 0 Å². The van der Waals surface area contributed by atoms with Gasteiger partial charge >= 0.3 is 0 Å². The third kappa shape index (κ3) is 4.52. The number of nitrogens with one attached hydrogen (secondary N) is 2. The van der Waals surface area contributed by atoms with E-state index >= 15 is 0 Å². The molecule has 0 aliphatic rings. The molecule has 0 heterocycles. The Kier molecular flexibility index (Phi) is 5.87. The Morgan fingerprint density at radius 3 is 2.29 bits per heavy atom. The van der Waals surface area contributed by atoms with E-state index in [4.69, 9.17) is 11.6 Å². The van der Waals surface area contributed by atoms with Crippen molar-refractivity contribution in [3.63, 3.8) is 0 Å². The Morgan fingerprint density at radius 1 is 1.00 bits per heavy atom. The van der Waals surface area contributed by atoms with Crippen LogP contribution in [0.1, 0.15) is 26.3 Å². The van der Waals surface area contributed by atoms with Crippen LogP contribution in [0.15, 0.2) is 36.4 Å². The molecular formula is C17H15ClF2N2O2. The van der Waals surface area contributed by atoms with Crippen LogP contribution in [0.5, 0.6) is 0 Å². The first-order chi connectivity index (χ1) is 11.4. The zero-order valence-electron chi connectivity index (χ0n) is 12.8. The molecule has 0 atom stereocenters. The monoisotopic (exact) mass is 352 g/mol. The van der Waals surface area contributed by atoms with Crippen molar-refractivity contribution in [1.29, 1.82) is 0 Å². The van der Waals surface area contributed by atoms with Gasteiger partial charge in [0, 0.05) is 18.7 Å². The maximum atomic E-state index is 13.4. The molecule has 0 aliphatic heterocycles. The summed E-state index contributed by atoms with van der Waals surface area (Å²) in [5.41, 5.74) is 0.797. The lowest BCUT2D eigenvalue weighted by Crippen LogP contribution is -2.34. The largest absolute Gasteiger partial charge is 0.350 e. The summed E-state index contributed by atoms with van der Waals surface area (Å²) in [5.74, 6) is -1.91. The van der Waals surface area contributed by atoms with Crippen molar-refractivity contribution in [3.8, 4) is 0 Å². The van der Waals surface area contributed by atoms with Gasteiger partial charge in [-0.2, -0.15) is 0 Å². The molecule has 2 amide bonds. The van der Waals surface area contributed by atoms with E-state index < -0.39 is 23.4 Å². The highest BCUT2D eigenvalue weighted by atomic mass is 35.5. The first kappa shape index (κ1) is 17.9. The number of amides is 2. The molecule has 7 heteroatoms. The van der Waals surface area contributed by atoms with E-state index in [2.05, 4.69) is 10.6 Å². The Morgan fingerprint density at radius 2 is 1.67 bits per heavy atom. The first-order valence-electron chi connectivity index (χ1n) is 7.16. The van der Waals surface area contributed by atoms with Gasteiger partial charge in [0.05, 0.1) is 10.6 Å². The SMILES string of the molecule is Cc1ccc(C(=O)NCCNC(=O)c2ccc(F)cc2Cl)cc1F. The van der Waals surface area contributed by atoms with E-state index in [9.17, 15) is 18.4 Å². The van der Waals surface area contributed by atoms with Crippen LogP contribution in [0.3, 0.4) is 0 Å². The van der Waals surface area contributed by atoms with Crippen LogP contribution in [-0.4, -0.2) is 24.9 Å². The lowest BCUT2D eigenvalue weighted by molar-refractivity contribution is 0.0927. The summed E-state index contributed by atoms with van der Waals surface area (Å²) in [6.45, 7) is 1.90. The van der Waals surface area contributed by atoms with Gasteiger partial charge in [-0.25, -0.2) is 8.78 Å². The quantitative estimate of drug-likeness (QED) is 0.812. The Labute approximate surface area is 142 Å². The van der Waals surface area contributed by atoms with Crippen LogP contribution in [0.2, 0.25) is 5.02 Å². The van der Waals surface area contributed by atoms with E-state index in [1.807, 2.05) is 0 Å². The van der Waals surface area contributed by atoms with Gasteiger partial charge in [0.25, 0.3) is 11.8 Å². The minimum absolute atomic E-state index is 0.00617. The summed E-state index contributed by atoms with van der Waals surface area (Å²) in [6, 6.07) is 7.65. The maximum Gasteiger partial charge on any atom is 0.252 e. The topological polar surface area (TPSA) is 58.2 Å². The predicted octanol–water partition coefficient (Wildman–Crippen LogP) is 3.09. The van der Waals surface area contributed by atoms with Gasteiger partial charge in [0.2, 0.25) is 0 Å². The second-order valence-electron chi connectivity index (χ2n) is 5.10. The van der Waals surface area contributed by atoms with Crippen LogP contribution in [0.25, 0.3) is 0 Å². The fourth-order valence-electron chi connectivity index (χ4n) is 1.96. The summed E-state index contributed by atoms with van der Waals surface area (Å²) in [6.07, 6.45) is 0. The van der Waals surface area contributed by atoms with Gasteiger partial charge in [-0.15, -0.1) is 0 Å². The van der Waals surface area contributed by atoms with Gasteiger partial charge in [-0.3, -0.25) is 9.59 Å². The number of benzene rings is 2. The Balaban J connectivity index is 1.82. The lowest BCUT2D eigenvalue weighted by Gasteiger charge is -2.09. The van der Waals surface area contributed by atoms with Crippen molar-refractivity contribution in [1.82, 2.24) is 10.6 Å². The molecule has 126 valence electrons. The van der Waals surface area contributed by atoms with E-state index in [1.54, 1.807) is 6.92 Å². The number of rotatable bonds is 5. The zero-order chi connectivity index (χ0) is 17.7. The molecule has 0 spiro atoms. The molecule has 2 aromatic carbocycles. The van der Waals surface area contributed by atoms with Gasteiger partial charge in [0.15, 0.2) is 0 Å². The predicted molar refractivity (Wildman–Crippen MR) is 87.2 cm³/mol. The second kappa shape index (κ2) is 7.88. The molecule has 2 N–H and O–H groups in total. The molecule has 0 fully saturated rings. The zero-order valence-corrected chi connectivity index (χ0v) is 13.6. The van der Waals surface area contributed by atoms with Crippen LogP contribution < -0.4 is 10.6 Å². The molecule has 0 aromatic heterocycles. The van der Waals surface area contributed by atoms with Gasteiger partial charge in [-0.1, -0.05) is 17.7 Å². The lowest BCUT2D eigenvalue weighted by atomic mass is 10.1. The summed E-state index contributed by atoms with van der Waals surface area (Å²) < 4.78 is 26.3. The van der Waals surface area contributed by atoms with Gasteiger partial charge in [-0.05, 0) is 42.8 Å². The van der Waals surface area contributed by atoms with Gasteiger partial charge in [0.1, 0.15) is 11.6 Å². The fourth-order valence-corrected chi connectivity index (χ4v) is 2.21. The molecule has 4 nitrogen and oxygen atoms in total. The third-order valence-corrected chi connectivity index (χ3v) is 3.62.